The Balaban J connectivity index is 0.00000243. The number of hydrogen-bond acceptors (Lipinski definition) is 4. The van der Waals surface area contributed by atoms with Crippen LogP contribution in [-0.2, 0) is 16.4 Å². The lowest BCUT2D eigenvalue weighted by Crippen LogP contribution is -2.04. The van der Waals surface area contributed by atoms with Crippen LogP contribution in [0.1, 0.15) is 16.0 Å². The lowest BCUT2D eigenvalue weighted by Gasteiger charge is -2.10. The van der Waals surface area contributed by atoms with Gasteiger partial charge in [0.05, 0.1) is 4.90 Å². The highest BCUT2D eigenvalue weighted by Gasteiger charge is 2.28. The molecule has 0 bridgehead atoms. The molecule has 3 rings (SSSR count). The van der Waals surface area contributed by atoms with E-state index in [1.54, 1.807) is 24.3 Å². The summed E-state index contributed by atoms with van der Waals surface area (Å²) >= 11 is 1.37. The molecular formula is C20H22ClNO2S2. The molecule has 0 fully saturated rings. The van der Waals surface area contributed by atoms with Crippen LogP contribution in [-0.4, -0.2) is 15.5 Å². The van der Waals surface area contributed by atoms with Crippen LogP contribution < -0.4 is 5.32 Å². The fourth-order valence-electron chi connectivity index (χ4n) is 2.92. The molecule has 6 heteroatoms. The highest BCUT2D eigenvalue weighted by molar-refractivity contribution is 7.93. The van der Waals surface area contributed by atoms with Crippen molar-refractivity contribution in [3.8, 4) is 11.1 Å². The van der Waals surface area contributed by atoms with Crippen LogP contribution in [0, 0.1) is 13.8 Å². The molecule has 2 aromatic carbocycles. The molecule has 0 aliphatic carbocycles. The van der Waals surface area contributed by atoms with Gasteiger partial charge in [-0.05, 0) is 49.7 Å². The van der Waals surface area contributed by atoms with Crippen molar-refractivity contribution in [3.05, 3.63) is 70.6 Å². The Labute approximate surface area is 165 Å². The summed E-state index contributed by atoms with van der Waals surface area (Å²) in [6.07, 6.45) is 0. The van der Waals surface area contributed by atoms with Crippen molar-refractivity contribution < 1.29 is 8.42 Å². The lowest BCUT2D eigenvalue weighted by molar-refractivity contribution is 0.598. The van der Waals surface area contributed by atoms with E-state index in [9.17, 15) is 8.42 Å². The monoisotopic (exact) mass is 407 g/mol. The third-order valence-corrected chi connectivity index (χ3v) is 7.84. The first-order valence-electron chi connectivity index (χ1n) is 8.09. The van der Waals surface area contributed by atoms with E-state index in [4.69, 9.17) is 0 Å². The average Bonchev–Trinajstić information content (AvgIpc) is 2.94. The van der Waals surface area contributed by atoms with Crippen LogP contribution >= 0.6 is 23.7 Å². The van der Waals surface area contributed by atoms with Crippen LogP contribution in [0.2, 0.25) is 0 Å². The molecule has 138 valence electrons. The largest absolute Gasteiger partial charge is 0.315 e. The van der Waals surface area contributed by atoms with Crippen molar-refractivity contribution in [2.24, 2.45) is 0 Å². The second-order valence-electron chi connectivity index (χ2n) is 5.97. The summed E-state index contributed by atoms with van der Waals surface area (Å²) in [5.41, 5.74) is 3.91. The van der Waals surface area contributed by atoms with Crippen molar-refractivity contribution in [1.29, 1.82) is 0 Å². The zero-order valence-electron chi connectivity index (χ0n) is 14.9. The van der Waals surface area contributed by atoms with Gasteiger partial charge in [-0.2, -0.15) is 0 Å². The average molecular weight is 408 g/mol. The second kappa shape index (κ2) is 8.35. The Bertz CT molecular complexity index is 996. The smallest absolute Gasteiger partial charge is 0.216 e. The summed E-state index contributed by atoms with van der Waals surface area (Å²) in [4.78, 5) is 1.39. The van der Waals surface area contributed by atoms with Crippen LogP contribution in [0.15, 0.2) is 63.7 Å². The molecule has 0 aliphatic rings. The van der Waals surface area contributed by atoms with Gasteiger partial charge in [0.25, 0.3) is 0 Å². The number of sulfone groups is 1. The first-order valence-corrected chi connectivity index (χ1v) is 10.4. The van der Waals surface area contributed by atoms with Crippen molar-refractivity contribution in [2.75, 3.05) is 7.05 Å². The van der Waals surface area contributed by atoms with E-state index in [-0.39, 0.29) is 12.4 Å². The molecule has 3 aromatic rings. The molecule has 0 saturated heterocycles. The first kappa shape index (κ1) is 20.6. The molecule has 0 radical (unpaired) electrons. The Hall–Kier alpha value is -1.66. The molecular weight excluding hydrogens is 386 g/mol. The summed E-state index contributed by atoms with van der Waals surface area (Å²) in [5.74, 6) is 0. The third-order valence-electron chi connectivity index (χ3n) is 4.26. The Morgan fingerprint density at radius 2 is 1.58 bits per heavy atom. The quantitative estimate of drug-likeness (QED) is 0.646. The minimum atomic E-state index is -3.56. The maximum atomic E-state index is 13.3. The number of benzene rings is 2. The normalized spacial score (nSPS) is 11.2. The van der Waals surface area contributed by atoms with Gasteiger partial charge in [-0.15, -0.1) is 23.7 Å². The minimum Gasteiger partial charge on any atom is -0.315 e. The standard InChI is InChI=1S/C20H21NO2S2.ClH/c1-14-9-7-8-12-17(14)19-15(2)18(13-21-3)24-20(19)25(22,23)16-10-5-4-6-11-16;/h4-12,21H,13H2,1-3H3;1H. The Morgan fingerprint density at radius 3 is 2.19 bits per heavy atom. The molecule has 1 heterocycles. The van der Waals surface area contributed by atoms with E-state index in [1.165, 1.54) is 11.3 Å². The van der Waals surface area contributed by atoms with E-state index in [2.05, 4.69) is 5.32 Å². The minimum absolute atomic E-state index is 0. The van der Waals surface area contributed by atoms with Crippen molar-refractivity contribution >= 4 is 33.6 Å². The highest BCUT2D eigenvalue weighted by Crippen LogP contribution is 2.42. The second-order valence-corrected chi connectivity index (χ2v) is 9.22. The van der Waals surface area contributed by atoms with Crippen molar-refractivity contribution in [1.82, 2.24) is 5.32 Å². The predicted molar refractivity (Wildman–Crippen MR) is 111 cm³/mol. The number of rotatable bonds is 5. The number of aryl methyl sites for hydroxylation is 1. The summed E-state index contributed by atoms with van der Waals surface area (Å²) in [6.45, 7) is 4.68. The van der Waals surface area contributed by atoms with Gasteiger partial charge in [-0.25, -0.2) is 8.42 Å². The number of hydrogen-bond donors (Lipinski definition) is 1. The van der Waals surface area contributed by atoms with Gasteiger partial charge >= 0.3 is 0 Å². The van der Waals surface area contributed by atoms with Crippen LogP contribution in [0.3, 0.4) is 0 Å². The first-order chi connectivity index (χ1) is 12.0. The zero-order valence-corrected chi connectivity index (χ0v) is 17.4. The van der Waals surface area contributed by atoms with Gasteiger partial charge in [-0.3, -0.25) is 0 Å². The number of halogens is 1. The van der Waals surface area contributed by atoms with Crippen LogP contribution in [0.4, 0.5) is 0 Å². The summed E-state index contributed by atoms with van der Waals surface area (Å²) in [6, 6.07) is 16.6. The molecule has 0 atom stereocenters. The third kappa shape index (κ3) is 3.71. The summed E-state index contributed by atoms with van der Waals surface area (Å²) in [7, 11) is -1.69. The molecule has 1 aromatic heterocycles. The Kier molecular flexibility index (Phi) is 6.64. The van der Waals surface area contributed by atoms with Gasteiger partial charge in [0, 0.05) is 17.0 Å². The van der Waals surface area contributed by atoms with E-state index in [0.717, 1.165) is 27.1 Å². The maximum absolute atomic E-state index is 13.3. The molecule has 0 amide bonds. The van der Waals surface area contributed by atoms with E-state index >= 15 is 0 Å². The molecule has 1 N–H and O–H groups in total. The predicted octanol–water partition coefficient (Wildman–Crippen LogP) is 5.01. The molecule has 0 aliphatic heterocycles. The fraction of sp³-hybridized carbons (Fsp3) is 0.200. The summed E-state index contributed by atoms with van der Waals surface area (Å²) in [5, 5.41) is 3.14. The molecule has 0 unspecified atom stereocenters. The van der Waals surface area contributed by atoms with E-state index < -0.39 is 9.84 Å². The summed E-state index contributed by atoms with van der Waals surface area (Å²) < 4.78 is 27.0. The van der Waals surface area contributed by atoms with Gasteiger partial charge < -0.3 is 5.32 Å². The Morgan fingerprint density at radius 1 is 0.962 bits per heavy atom. The van der Waals surface area contributed by atoms with Gasteiger partial charge in [0.1, 0.15) is 4.21 Å². The topological polar surface area (TPSA) is 46.2 Å². The lowest BCUT2D eigenvalue weighted by atomic mass is 9.99. The zero-order chi connectivity index (χ0) is 18.0. The van der Waals surface area contributed by atoms with Gasteiger partial charge in [-0.1, -0.05) is 42.5 Å². The molecule has 3 nitrogen and oxygen atoms in total. The SMILES string of the molecule is CNCc1sc(S(=O)(=O)c2ccccc2)c(-c2ccccc2C)c1C.Cl. The number of thiophene rings is 1. The van der Waals surface area contributed by atoms with Gasteiger partial charge in [0.2, 0.25) is 9.84 Å². The molecule has 26 heavy (non-hydrogen) atoms. The van der Waals surface area contributed by atoms with Crippen molar-refractivity contribution in [2.45, 2.75) is 29.5 Å². The van der Waals surface area contributed by atoms with Gasteiger partial charge in [0.15, 0.2) is 0 Å². The molecule has 0 spiro atoms. The van der Waals surface area contributed by atoms with Crippen LogP contribution in [0.5, 0.6) is 0 Å². The van der Waals surface area contributed by atoms with E-state index in [1.807, 2.05) is 51.2 Å². The molecule has 0 saturated carbocycles. The van der Waals surface area contributed by atoms with Crippen molar-refractivity contribution in [3.63, 3.8) is 0 Å². The fourth-order valence-corrected chi connectivity index (χ4v) is 6.27. The highest BCUT2D eigenvalue weighted by atomic mass is 35.5. The van der Waals surface area contributed by atoms with E-state index in [0.29, 0.717) is 15.6 Å². The van der Waals surface area contributed by atoms with Crippen LogP contribution in [0.25, 0.3) is 11.1 Å². The number of nitrogens with one attached hydrogen (secondary N) is 1. The maximum Gasteiger partial charge on any atom is 0.216 e.